The molecule has 0 spiro atoms. The summed E-state index contributed by atoms with van der Waals surface area (Å²) >= 11 is 0. The Labute approximate surface area is 323 Å². The number of hydrogen-bond acceptors (Lipinski definition) is 14. The minimum Gasteiger partial charge on any atom is -0.458 e. The lowest BCUT2D eigenvalue weighted by molar-refractivity contribution is -0.298. The highest BCUT2D eigenvalue weighted by Gasteiger charge is 2.52. The van der Waals surface area contributed by atoms with Crippen molar-refractivity contribution in [3.63, 3.8) is 0 Å². The van der Waals surface area contributed by atoms with Crippen LogP contribution in [0.15, 0.2) is 24.5 Å². The summed E-state index contributed by atoms with van der Waals surface area (Å²) in [6.45, 7) is 17.4. The van der Waals surface area contributed by atoms with Crippen LogP contribution in [0.4, 0.5) is 0 Å². The first-order valence-corrected chi connectivity index (χ1v) is 19.8. The number of aliphatic hydroxyl groups is 1. The maximum atomic E-state index is 14.5. The molecule has 14 nitrogen and oxygen atoms in total. The molecule has 4 N–H and O–H groups in total. The van der Waals surface area contributed by atoms with Crippen molar-refractivity contribution in [2.45, 2.75) is 148 Å². The molecule has 2 fully saturated rings. The van der Waals surface area contributed by atoms with Crippen molar-refractivity contribution in [2.24, 2.45) is 17.8 Å². The summed E-state index contributed by atoms with van der Waals surface area (Å²) in [6, 6.07) is 2.93. The van der Waals surface area contributed by atoms with Gasteiger partial charge in [-0.25, -0.2) is 0 Å². The smallest absolute Gasteiger partial charge is 0.316 e. The SMILES string of the molecule is CCOC1(C)C[C@@H](C)CN[C@H](C)[C@@H](NC)[C@](CC)(OC=O)[C@@H](CC)OC(=O)C(C)C(=O)[C@H](C)[C@H]1O[C@@H]1O[C@H](CNCc2cccnc2)C[C@H](N(C)C)[C@H]1O. The van der Waals surface area contributed by atoms with E-state index in [0.717, 1.165) is 5.56 Å². The molecule has 3 rings (SSSR count). The minimum atomic E-state index is -1.21. The molecule has 14 heteroatoms. The second-order valence-corrected chi connectivity index (χ2v) is 15.7. The van der Waals surface area contributed by atoms with Crippen LogP contribution < -0.4 is 16.0 Å². The standard InChI is InChI=1S/C40H69N5O9/c1-12-32-40(13-2,51-24-46)35(41-9)28(7)44-20-25(4)19-39(8,50-14-3)36(26(5)33(47)27(6)37(49)53-32)54-38-34(48)31(45(10)11)18-30(52-38)23-43-22-29-16-15-17-42-21-29/h15-17,21,24-28,30-32,34-36,38,41,43-44,48H,12-14,18-20,22-23H2,1-11H3/t25-,26+,27?,28-,30+,31+,32-,34-,35-,36-,38+,39?,40-/m1/s1. The van der Waals surface area contributed by atoms with E-state index in [1.165, 1.54) is 6.92 Å². The summed E-state index contributed by atoms with van der Waals surface area (Å²) in [5.74, 6) is -3.16. The van der Waals surface area contributed by atoms with Gasteiger partial charge in [0.05, 0.1) is 23.9 Å². The van der Waals surface area contributed by atoms with Gasteiger partial charge in [0.2, 0.25) is 0 Å². The molecule has 1 aromatic heterocycles. The molecule has 1 aromatic rings. The molecule has 0 aliphatic carbocycles. The van der Waals surface area contributed by atoms with Crippen molar-refractivity contribution < 1.29 is 43.2 Å². The molecular formula is C40H69N5O9. The molecule has 0 saturated carbocycles. The molecule has 2 aliphatic rings. The zero-order valence-corrected chi connectivity index (χ0v) is 34.5. The molecule has 0 radical (unpaired) electrons. The topological polar surface area (TPSA) is 170 Å². The van der Waals surface area contributed by atoms with Gasteiger partial charge in [-0.15, -0.1) is 0 Å². The molecule has 0 bridgehead atoms. The number of ketones is 1. The number of ether oxygens (including phenoxy) is 5. The van der Waals surface area contributed by atoms with Gasteiger partial charge in [0.1, 0.15) is 18.1 Å². The number of nitrogens with one attached hydrogen (secondary N) is 3. The highest BCUT2D eigenvalue weighted by Crippen LogP contribution is 2.38. The molecule has 0 aromatic carbocycles. The molecule has 13 atom stereocenters. The zero-order chi connectivity index (χ0) is 40.2. The van der Waals surface area contributed by atoms with E-state index in [2.05, 4.69) is 27.9 Å². The Hall–Kier alpha value is -2.56. The zero-order valence-electron chi connectivity index (χ0n) is 34.5. The van der Waals surface area contributed by atoms with Gasteiger partial charge in [-0.05, 0) is 98.6 Å². The lowest BCUT2D eigenvalue weighted by Gasteiger charge is -2.47. The third-order valence-corrected chi connectivity index (χ3v) is 11.5. The van der Waals surface area contributed by atoms with Crippen molar-refractivity contribution in [1.82, 2.24) is 25.8 Å². The Balaban J connectivity index is 2.04. The summed E-state index contributed by atoms with van der Waals surface area (Å²) < 4.78 is 31.9. The first-order valence-electron chi connectivity index (χ1n) is 19.8. The van der Waals surface area contributed by atoms with Crippen LogP contribution >= 0.6 is 0 Å². The molecule has 2 aliphatic heterocycles. The first kappa shape index (κ1) is 45.8. The molecule has 3 heterocycles. The fraction of sp³-hybridized carbons (Fsp3) is 0.800. The van der Waals surface area contributed by atoms with Gasteiger partial charge in [-0.2, -0.15) is 0 Å². The number of aromatic nitrogens is 1. The monoisotopic (exact) mass is 764 g/mol. The maximum Gasteiger partial charge on any atom is 0.316 e. The Morgan fingerprint density at radius 3 is 2.46 bits per heavy atom. The first-order chi connectivity index (χ1) is 25.6. The van der Waals surface area contributed by atoms with Gasteiger partial charge in [0.15, 0.2) is 17.7 Å². The number of aliphatic hydroxyl groups excluding tert-OH is 1. The van der Waals surface area contributed by atoms with Crippen LogP contribution in [-0.2, 0) is 44.6 Å². The Kier molecular flexibility index (Phi) is 17.9. The number of cyclic esters (lactones) is 1. The number of likely N-dealkylation sites (N-methyl/N-ethyl adjacent to an activating group) is 2. The number of carbonyl (C=O) groups excluding carboxylic acids is 3. The number of nitrogens with zero attached hydrogens (tertiary/aromatic N) is 2. The van der Waals surface area contributed by atoms with E-state index >= 15 is 0 Å². The largest absolute Gasteiger partial charge is 0.458 e. The van der Waals surface area contributed by atoms with Gasteiger partial charge in [0, 0.05) is 50.1 Å². The van der Waals surface area contributed by atoms with Gasteiger partial charge in [-0.1, -0.05) is 33.8 Å². The Bertz CT molecular complexity index is 1310. The van der Waals surface area contributed by atoms with E-state index in [0.29, 0.717) is 58.4 Å². The second-order valence-electron chi connectivity index (χ2n) is 15.7. The minimum absolute atomic E-state index is 0.0106. The van der Waals surface area contributed by atoms with E-state index in [9.17, 15) is 19.5 Å². The van der Waals surface area contributed by atoms with Crippen molar-refractivity contribution >= 4 is 18.2 Å². The highest BCUT2D eigenvalue weighted by atomic mass is 16.7. The molecule has 2 unspecified atom stereocenters. The normalized spacial score (nSPS) is 37.6. The number of carbonyl (C=O) groups is 3. The van der Waals surface area contributed by atoms with E-state index in [4.69, 9.17) is 23.7 Å². The number of pyridine rings is 1. The van der Waals surface area contributed by atoms with E-state index in [-0.39, 0.29) is 24.1 Å². The van der Waals surface area contributed by atoms with Crippen LogP contribution in [0.5, 0.6) is 0 Å². The highest BCUT2D eigenvalue weighted by molar-refractivity contribution is 6.00. The predicted octanol–water partition coefficient (Wildman–Crippen LogP) is 2.85. The van der Waals surface area contributed by atoms with Crippen LogP contribution in [0.1, 0.15) is 86.6 Å². The summed E-state index contributed by atoms with van der Waals surface area (Å²) in [4.78, 5) is 46.6. The molecule has 308 valence electrons. The van der Waals surface area contributed by atoms with Crippen LogP contribution in [0.2, 0.25) is 0 Å². The van der Waals surface area contributed by atoms with Crippen LogP contribution in [0.25, 0.3) is 0 Å². The summed E-state index contributed by atoms with van der Waals surface area (Å²) in [7, 11) is 5.62. The van der Waals surface area contributed by atoms with Crippen LogP contribution in [0, 0.1) is 17.8 Å². The van der Waals surface area contributed by atoms with Gasteiger partial charge < -0.3 is 49.6 Å². The second kappa shape index (κ2) is 21.1. The third-order valence-electron chi connectivity index (χ3n) is 11.5. The van der Waals surface area contributed by atoms with E-state index < -0.39 is 65.4 Å². The van der Waals surface area contributed by atoms with E-state index in [1.54, 1.807) is 20.2 Å². The van der Waals surface area contributed by atoms with E-state index in [1.807, 2.05) is 71.9 Å². The van der Waals surface area contributed by atoms with Crippen molar-refractivity contribution in [3.05, 3.63) is 30.1 Å². The van der Waals surface area contributed by atoms with Gasteiger partial charge in [-0.3, -0.25) is 19.4 Å². The van der Waals surface area contributed by atoms with Crippen LogP contribution in [-0.4, -0.2) is 134 Å². The van der Waals surface area contributed by atoms with Crippen molar-refractivity contribution in [1.29, 1.82) is 0 Å². The predicted molar refractivity (Wildman–Crippen MR) is 205 cm³/mol. The Morgan fingerprint density at radius 2 is 1.89 bits per heavy atom. The number of rotatable bonds is 14. The van der Waals surface area contributed by atoms with Crippen LogP contribution in [0.3, 0.4) is 0 Å². The van der Waals surface area contributed by atoms with Gasteiger partial charge >= 0.3 is 5.97 Å². The summed E-state index contributed by atoms with van der Waals surface area (Å²) in [5.41, 5.74) is -1.21. The quantitative estimate of drug-likeness (QED) is 0.124. The fourth-order valence-electron chi connectivity index (χ4n) is 8.67. The molecule has 54 heavy (non-hydrogen) atoms. The lowest BCUT2D eigenvalue weighted by atomic mass is 9.78. The summed E-state index contributed by atoms with van der Waals surface area (Å²) in [6.07, 6.45) is 1.07. The lowest BCUT2D eigenvalue weighted by Crippen LogP contribution is -2.66. The number of hydrogen-bond donors (Lipinski definition) is 4. The summed E-state index contributed by atoms with van der Waals surface area (Å²) in [5, 5.41) is 22.1. The average molecular weight is 764 g/mol. The molecule has 2 saturated heterocycles. The number of Topliss-reactive ketones (excluding diaryl/α,β-unsaturated/α-hetero) is 1. The number of esters is 1. The van der Waals surface area contributed by atoms with Crippen molar-refractivity contribution in [3.8, 4) is 0 Å². The fourth-order valence-corrected chi connectivity index (χ4v) is 8.67. The van der Waals surface area contributed by atoms with Crippen molar-refractivity contribution in [2.75, 3.05) is 40.8 Å². The Morgan fingerprint density at radius 1 is 1.17 bits per heavy atom. The molecule has 0 amide bonds. The molecular weight excluding hydrogens is 694 g/mol. The van der Waals surface area contributed by atoms with Gasteiger partial charge in [0.25, 0.3) is 6.47 Å². The third kappa shape index (κ3) is 11.1. The average Bonchev–Trinajstić information content (AvgIpc) is 3.14. The maximum absolute atomic E-state index is 14.5.